The number of benzene rings is 1. The van der Waals surface area contributed by atoms with Crippen molar-refractivity contribution in [3.05, 3.63) is 28.8 Å². The molecule has 0 heterocycles. The molecule has 1 nitrogen and oxygen atoms in total. The average molecular weight is 211 g/mol. The molecule has 1 aliphatic rings. The zero-order valence-corrected chi connectivity index (χ0v) is 9.34. The third-order valence-electron chi connectivity index (χ3n) is 2.43. The van der Waals surface area contributed by atoms with Gasteiger partial charge < -0.3 is 4.74 Å². The molecule has 0 amide bonds. The summed E-state index contributed by atoms with van der Waals surface area (Å²) in [5.74, 6) is 1.36. The van der Waals surface area contributed by atoms with Crippen LogP contribution in [0.3, 0.4) is 0 Å². The SMILES string of the molecule is CC(C)c1cccc(Cl)c1OC1CC1. The molecule has 0 spiro atoms. The Morgan fingerprint density at radius 3 is 2.64 bits per heavy atom. The fourth-order valence-corrected chi connectivity index (χ4v) is 1.68. The van der Waals surface area contributed by atoms with Gasteiger partial charge in [-0.05, 0) is 30.4 Å². The van der Waals surface area contributed by atoms with Gasteiger partial charge in [-0.2, -0.15) is 0 Å². The molecule has 1 aliphatic carbocycles. The number of para-hydroxylation sites is 1. The first kappa shape index (κ1) is 9.85. The summed E-state index contributed by atoms with van der Waals surface area (Å²) in [5.41, 5.74) is 1.21. The van der Waals surface area contributed by atoms with E-state index in [9.17, 15) is 0 Å². The second-order valence-electron chi connectivity index (χ2n) is 4.13. The molecule has 1 aromatic rings. The first-order valence-electron chi connectivity index (χ1n) is 5.13. The van der Waals surface area contributed by atoms with Gasteiger partial charge in [0.25, 0.3) is 0 Å². The largest absolute Gasteiger partial charge is 0.489 e. The third kappa shape index (κ3) is 2.03. The number of ether oxygens (including phenoxy) is 1. The van der Waals surface area contributed by atoms with E-state index in [1.165, 1.54) is 18.4 Å². The van der Waals surface area contributed by atoms with E-state index >= 15 is 0 Å². The monoisotopic (exact) mass is 210 g/mol. The maximum atomic E-state index is 6.12. The zero-order valence-electron chi connectivity index (χ0n) is 8.59. The molecular formula is C12H15ClO. The Hall–Kier alpha value is -0.690. The first-order chi connectivity index (χ1) is 6.68. The lowest BCUT2D eigenvalue weighted by Crippen LogP contribution is -2.01. The highest BCUT2D eigenvalue weighted by Gasteiger charge is 2.26. The molecule has 0 unspecified atom stereocenters. The van der Waals surface area contributed by atoms with Crippen LogP contribution in [0, 0.1) is 0 Å². The predicted octanol–water partition coefficient (Wildman–Crippen LogP) is 4.00. The van der Waals surface area contributed by atoms with Crippen LogP contribution < -0.4 is 4.74 Å². The van der Waals surface area contributed by atoms with Gasteiger partial charge in [0.15, 0.2) is 0 Å². The minimum absolute atomic E-state index is 0.410. The summed E-state index contributed by atoms with van der Waals surface area (Å²) in [6.45, 7) is 4.32. The molecule has 0 radical (unpaired) electrons. The smallest absolute Gasteiger partial charge is 0.141 e. The van der Waals surface area contributed by atoms with Crippen LogP contribution in [0.5, 0.6) is 5.75 Å². The van der Waals surface area contributed by atoms with E-state index < -0.39 is 0 Å². The van der Waals surface area contributed by atoms with Crippen LogP contribution >= 0.6 is 11.6 Å². The van der Waals surface area contributed by atoms with Crippen LogP contribution in [-0.4, -0.2) is 6.10 Å². The molecule has 2 rings (SSSR count). The van der Waals surface area contributed by atoms with E-state index in [2.05, 4.69) is 19.9 Å². The van der Waals surface area contributed by atoms with E-state index in [-0.39, 0.29) is 0 Å². The van der Waals surface area contributed by atoms with Crippen molar-refractivity contribution >= 4 is 11.6 Å². The van der Waals surface area contributed by atoms with Crippen LogP contribution in [0.1, 0.15) is 38.2 Å². The maximum Gasteiger partial charge on any atom is 0.141 e. The van der Waals surface area contributed by atoms with Crippen LogP contribution in [0.2, 0.25) is 5.02 Å². The molecule has 14 heavy (non-hydrogen) atoms. The molecule has 1 aromatic carbocycles. The van der Waals surface area contributed by atoms with Gasteiger partial charge in [0.1, 0.15) is 5.75 Å². The molecular weight excluding hydrogens is 196 g/mol. The van der Waals surface area contributed by atoms with Crippen LogP contribution in [0.25, 0.3) is 0 Å². The van der Waals surface area contributed by atoms with Crippen LogP contribution in [0.15, 0.2) is 18.2 Å². The predicted molar refractivity (Wildman–Crippen MR) is 59.2 cm³/mol. The lowest BCUT2D eigenvalue weighted by molar-refractivity contribution is 0.299. The standard InChI is InChI=1S/C12H15ClO/c1-8(2)10-4-3-5-11(13)12(10)14-9-6-7-9/h3-5,8-9H,6-7H2,1-2H3. The summed E-state index contributed by atoms with van der Waals surface area (Å²) in [6.07, 6.45) is 2.75. The van der Waals surface area contributed by atoms with Gasteiger partial charge in [-0.1, -0.05) is 37.6 Å². The Morgan fingerprint density at radius 1 is 1.36 bits per heavy atom. The van der Waals surface area contributed by atoms with Gasteiger partial charge in [0, 0.05) is 0 Å². The Morgan fingerprint density at radius 2 is 2.07 bits per heavy atom. The minimum atomic E-state index is 0.410. The Kier molecular flexibility index (Phi) is 2.69. The third-order valence-corrected chi connectivity index (χ3v) is 2.73. The molecule has 0 aliphatic heterocycles. The highest BCUT2D eigenvalue weighted by molar-refractivity contribution is 6.32. The second kappa shape index (κ2) is 3.82. The number of hydrogen-bond donors (Lipinski definition) is 0. The van der Waals surface area contributed by atoms with Crippen molar-refractivity contribution in [3.8, 4) is 5.75 Å². The van der Waals surface area contributed by atoms with Crippen molar-refractivity contribution < 1.29 is 4.74 Å². The fourth-order valence-electron chi connectivity index (χ4n) is 1.46. The number of rotatable bonds is 3. The van der Waals surface area contributed by atoms with E-state index in [0.717, 1.165) is 10.8 Å². The van der Waals surface area contributed by atoms with Crippen LogP contribution in [-0.2, 0) is 0 Å². The van der Waals surface area contributed by atoms with Crippen molar-refractivity contribution in [1.29, 1.82) is 0 Å². The van der Waals surface area contributed by atoms with E-state index in [4.69, 9.17) is 16.3 Å². The van der Waals surface area contributed by atoms with Gasteiger partial charge in [-0.15, -0.1) is 0 Å². The Bertz CT molecular complexity index is 329. The summed E-state index contributed by atoms with van der Waals surface area (Å²) in [5, 5.41) is 0.739. The van der Waals surface area contributed by atoms with Crippen molar-refractivity contribution in [2.45, 2.75) is 38.7 Å². The van der Waals surface area contributed by atoms with E-state index in [0.29, 0.717) is 12.0 Å². The topological polar surface area (TPSA) is 9.23 Å². The Labute approximate surface area is 90.0 Å². The molecule has 2 heteroatoms. The lowest BCUT2D eigenvalue weighted by atomic mass is 10.0. The highest BCUT2D eigenvalue weighted by Crippen LogP contribution is 2.37. The average Bonchev–Trinajstić information content (AvgIpc) is 2.91. The van der Waals surface area contributed by atoms with Gasteiger partial charge in [0.2, 0.25) is 0 Å². The van der Waals surface area contributed by atoms with Crippen molar-refractivity contribution in [3.63, 3.8) is 0 Å². The summed E-state index contributed by atoms with van der Waals surface area (Å²) >= 11 is 6.12. The second-order valence-corrected chi connectivity index (χ2v) is 4.54. The molecule has 1 saturated carbocycles. The van der Waals surface area contributed by atoms with Crippen LogP contribution in [0.4, 0.5) is 0 Å². The fraction of sp³-hybridized carbons (Fsp3) is 0.500. The maximum absolute atomic E-state index is 6.12. The quantitative estimate of drug-likeness (QED) is 0.733. The zero-order chi connectivity index (χ0) is 10.1. The summed E-state index contributed by atoms with van der Waals surface area (Å²) in [7, 11) is 0. The van der Waals surface area contributed by atoms with Crippen molar-refractivity contribution in [2.24, 2.45) is 0 Å². The summed E-state index contributed by atoms with van der Waals surface area (Å²) in [4.78, 5) is 0. The number of halogens is 1. The molecule has 0 aromatic heterocycles. The summed E-state index contributed by atoms with van der Waals surface area (Å²) in [6, 6.07) is 5.97. The van der Waals surface area contributed by atoms with E-state index in [1.54, 1.807) is 0 Å². The van der Waals surface area contributed by atoms with Crippen molar-refractivity contribution in [1.82, 2.24) is 0 Å². The number of hydrogen-bond acceptors (Lipinski definition) is 1. The Balaban J connectivity index is 2.31. The molecule has 0 atom stereocenters. The molecule has 0 bridgehead atoms. The minimum Gasteiger partial charge on any atom is -0.489 e. The molecule has 76 valence electrons. The van der Waals surface area contributed by atoms with Gasteiger partial charge in [0.05, 0.1) is 11.1 Å². The lowest BCUT2D eigenvalue weighted by Gasteiger charge is -2.14. The molecule has 1 fully saturated rings. The first-order valence-corrected chi connectivity index (χ1v) is 5.51. The highest BCUT2D eigenvalue weighted by atomic mass is 35.5. The summed E-state index contributed by atoms with van der Waals surface area (Å²) < 4.78 is 5.82. The molecule has 0 saturated heterocycles. The van der Waals surface area contributed by atoms with Crippen molar-refractivity contribution in [2.75, 3.05) is 0 Å². The van der Waals surface area contributed by atoms with E-state index in [1.807, 2.05) is 12.1 Å². The molecule has 0 N–H and O–H groups in total. The normalized spacial score (nSPS) is 16.0. The van der Waals surface area contributed by atoms with Gasteiger partial charge in [-0.3, -0.25) is 0 Å². The van der Waals surface area contributed by atoms with Gasteiger partial charge in [-0.25, -0.2) is 0 Å². The van der Waals surface area contributed by atoms with Gasteiger partial charge >= 0.3 is 0 Å².